The Morgan fingerprint density at radius 3 is 1.96 bits per heavy atom. The van der Waals surface area contributed by atoms with Crippen molar-refractivity contribution < 1.29 is 13.2 Å². The number of carbonyl (C=O) groups is 1. The second-order valence-corrected chi connectivity index (χ2v) is 7.50. The minimum atomic E-state index is -3.63. The van der Waals surface area contributed by atoms with E-state index in [2.05, 4.69) is 10.0 Å². The molecule has 0 atom stereocenters. The van der Waals surface area contributed by atoms with Gasteiger partial charge in [-0.15, -0.1) is 0 Å². The molecule has 2 N–H and O–H groups in total. The van der Waals surface area contributed by atoms with Crippen molar-refractivity contribution in [2.45, 2.75) is 11.8 Å². The molecule has 0 spiro atoms. The van der Waals surface area contributed by atoms with Gasteiger partial charge in [-0.25, -0.2) is 8.42 Å². The number of rotatable bonds is 5. The van der Waals surface area contributed by atoms with Gasteiger partial charge in [0, 0.05) is 16.9 Å². The number of hydrogen-bond donors (Lipinski definition) is 2. The number of aryl methyl sites for hydroxylation is 1. The van der Waals surface area contributed by atoms with Crippen LogP contribution >= 0.6 is 0 Å². The lowest BCUT2D eigenvalue weighted by Gasteiger charge is -2.10. The second-order valence-electron chi connectivity index (χ2n) is 5.82. The lowest BCUT2D eigenvalue weighted by molar-refractivity contribution is 0.102. The molecule has 0 aliphatic rings. The van der Waals surface area contributed by atoms with E-state index in [4.69, 9.17) is 0 Å². The molecule has 3 rings (SSSR count). The Morgan fingerprint density at radius 1 is 0.769 bits per heavy atom. The van der Waals surface area contributed by atoms with Crippen LogP contribution in [0.25, 0.3) is 0 Å². The molecule has 0 radical (unpaired) electrons. The zero-order chi connectivity index (χ0) is 18.6. The highest BCUT2D eigenvalue weighted by Gasteiger charge is 2.13. The predicted molar refractivity (Wildman–Crippen MR) is 103 cm³/mol. The van der Waals surface area contributed by atoms with E-state index in [1.807, 2.05) is 19.1 Å². The Morgan fingerprint density at radius 2 is 1.35 bits per heavy atom. The van der Waals surface area contributed by atoms with E-state index in [0.29, 0.717) is 16.9 Å². The van der Waals surface area contributed by atoms with Crippen molar-refractivity contribution in [3.05, 3.63) is 90.0 Å². The third-order valence-electron chi connectivity index (χ3n) is 3.76. The minimum Gasteiger partial charge on any atom is -0.322 e. The molecule has 0 heterocycles. The topological polar surface area (TPSA) is 75.3 Å². The molecule has 26 heavy (non-hydrogen) atoms. The molecule has 1 amide bonds. The average Bonchev–Trinajstić information content (AvgIpc) is 2.64. The molecule has 0 unspecified atom stereocenters. The Balaban J connectivity index is 1.69. The van der Waals surface area contributed by atoms with Crippen molar-refractivity contribution >= 4 is 27.3 Å². The number of amides is 1. The van der Waals surface area contributed by atoms with Crippen LogP contribution in [0.3, 0.4) is 0 Å². The highest BCUT2D eigenvalue weighted by Crippen LogP contribution is 2.19. The maximum Gasteiger partial charge on any atom is 0.261 e. The summed E-state index contributed by atoms with van der Waals surface area (Å²) in [5, 5.41) is 2.78. The van der Waals surface area contributed by atoms with E-state index < -0.39 is 10.0 Å². The third-order valence-corrected chi connectivity index (χ3v) is 5.16. The van der Waals surface area contributed by atoms with Gasteiger partial charge in [0.25, 0.3) is 15.9 Å². The summed E-state index contributed by atoms with van der Waals surface area (Å²) in [5.41, 5.74) is 2.64. The van der Waals surface area contributed by atoms with E-state index in [1.54, 1.807) is 54.6 Å². The lowest BCUT2D eigenvalue weighted by atomic mass is 10.1. The molecule has 132 valence electrons. The fourth-order valence-corrected chi connectivity index (χ4v) is 3.42. The molecular formula is C20H18N2O3S. The van der Waals surface area contributed by atoms with Crippen LogP contribution in [0.5, 0.6) is 0 Å². The zero-order valence-electron chi connectivity index (χ0n) is 14.1. The number of carbonyl (C=O) groups excluding carboxylic acids is 1. The van der Waals surface area contributed by atoms with Crippen LogP contribution in [0.2, 0.25) is 0 Å². The average molecular weight is 366 g/mol. The van der Waals surface area contributed by atoms with Gasteiger partial charge in [0.2, 0.25) is 0 Å². The smallest absolute Gasteiger partial charge is 0.261 e. The number of anilines is 2. The molecule has 5 nitrogen and oxygen atoms in total. The maximum atomic E-state index is 12.3. The van der Waals surface area contributed by atoms with Gasteiger partial charge in [-0.2, -0.15) is 0 Å². The van der Waals surface area contributed by atoms with E-state index in [9.17, 15) is 13.2 Å². The molecule has 0 saturated heterocycles. The first kappa shape index (κ1) is 17.7. The van der Waals surface area contributed by atoms with Crippen LogP contribution in [0.1, 0.15) is 15.9 Å². The molecule has 0 aliphatic carbocycles. The first-order valence-corrected chi connectivity index (χ1v) is 9.48. The molecule has 6 heteroatoms. The molecule has 0 fully saturated rings. The first-order chi connectivity index (χ1) is 12.4. The molecule has 3 aromatic rings. The van der Waals surface area contributed by atoms with Crippen molar-refractivity contribution in [2.24, 2.45) is 0 Å². The van der Waals surface area contributed by atoms with Gasteiger partial charge in [-0.3, -0.25) is 9.52 Å². The Bertz CT molecular complexity index is 997. The molecule has 0 saturated carbocycles. The summed E-state index contributed by atoms with van der Waals surface area (Å²) in [6, 6.07) is 21.9. The van der Waals surface area contributed by atoms with Crippen LogP contribution in [0.15, 0.2) is 83.8 Å². The van der Waals surface area contributed by atoms with Gasteiger partial charge in [0.1, 0.15) is 0 Å². The van der Waals surface area contributed by atoms with Crippen molar-refractivity contribution in [3.8, 4) is 0 Å². The number of nitrogens with one attached hydrogen (secondary N) is 2. The summed E-state index contributed by atoms with van der Waals surface area (Å²) in [5.74, 6) is -0.220. The second kappa shape index (κ2) is 7.41. The fraction of sp³-hybridized carbons (Fsp3) is 0.0500. The summed E-state index contributed by atoms with van der Waals surface area (Å²) in [6.07, 6.45) is 0. The van der Waals surface area contributed by atoms with E-state index in [0.717, 1.165) is 5.56 Å². The third kappa shape index (κ3) is 4.29. The summed E-state index contributed by atoms with van der Waals surface area (Å²) in [6.45, 7) is 1.96. The fourth-order valence-electron chi connectivity index (χ4n) is 2.34. The van der Waals surface area contributed by atoms with Gasteiger partial charge in [-0.05, 0) is 55.5 Å². The molecule has 0 aromatic heterocycles. The minimum absolute atomic E-state index is 0.191. The molecule has 0 bridgehead atoms. The van der Waals surface area contributed by atoms with Gasteiger partial charge in [0.15, 0.2) is 0 Å². The number of sulfonamides is 1. The van der Waals surface area contributed by atoms with E-state index in [-0.39, 0.29) is 10.8 Å². The van der Waals surface area contributed by atoms with Crippen molar-refractivity contribution in [1.29, 1.82) is 0 Å². The first-order valence-electron chi connectivity index (χ1n) is 8.00. The van der Waals surface area contributed by atoms with Gasteiger partial charge in [-0.1, -0.05) is 35.9 Å². The van der Waals surface area contributed by atoms with Crippen LogP contribution in [-0.2, 0) is 10.0 Å². The lowest BCUT2D eigenvalue weighted by Crippen LogP contribution is -2.13. The molecule has 0 aliphatic heterocycles. The largest absolute Gasteiger partial charge is 0.322 e. The normalized spacial score (nSPS) is 11.0. The summed E-state index contributed by atoms with van der Waals surface area (Å²) in [4.78, 5) is 12.4. The highest BCUT2D eigenvalue weighted by atomic mass is 32.2. The van der Waals surface area contributed by atoms with Gasteiger partial charge in [0.05, 0.1) is 4.90 Å². The number of benzene rings is 3. The Hall–Kier alpha value is -3.12. The van der Waals surface area contributed by atoms with Crippen molar-refractivity contribution in [3.63, 3.8) is 0 Å². The summed E-state index contributed by atoms with van der Waals surface area (Å²) in [7, 11) is -3.63. The highest BCUT2D eigenvalue weighted by molar-refractivity contribution is 7.92. The van der Waals surface area contributed by atoms with Crippen LogP contribution in [-0.4, -0.2) is 14.3 Å². The molecular weight excluding hydrogens is 348 g/mol. The van der Waals surface area contributed by atoms with Crippen LogP contribution in [0, 0.1) is 6.92 Å². The van der Waals surface area contributed by atoms with Gasteiger partial charge < -0.3 is 5.32 Å². The van der Waals surface area contributed by atoms with E-state index >= 15 is 0 Å². The predicted octanol–water partition coefficient (Wildman–Crippen LogP) is 4.05. The summed E-state index contributed by atoms with van der Waals surface area (Å²) < 4.78 is 27.1. The Labute approximate surface area is 152 Å². The number of hydrogen-bond acceptors (Lipinski definition) is 3. The van der Waals surface area contributed by atoms with Crippen molar-refractivity contribution in [1.82, 2.24) is 0 Å². The maximum absolute atomic E-state index is 12.3. The quantitative estimate of drug-likeness (QED) is 0.715. The summed E-state index contributed by atoms with van der Waals surface area (Å²) >= 11 is 0. The standard InChI is InChI=1S/C20H18N2O3S/c1-15-7-9-16(10-8-15)20(23)21-17-11-13-18(14-12-17)22-26(24,25)19-5-3-2-4-6-19/h2-14,22H,1H3,(H,21,23). The Kier molecular flexibility index (Phi) is 5.04. The van der Waals surface area contributed by atoms with E-state index in [1.165, 1.54) is 12.1 Å². The van der Waals surface area contributed by atoms with Crippen molar-refractivity contribution in [2.75, 3.05) is 10.0 Å². The molecule has 3 aromatic carbocycles. The monoisotopic (exact) mass is 366 g/mol. The zero-order valence-corrected chi connectivity index (χ0v) is 15.0. The van der Waals surface area contributed by atoms with Crippen LogP contribution in [0.4, 0.5) is 11.4 Å². The van der Waals surface area contributed by atoms with Crippen LogP contribution < -0.4 is 10.0 Å². The van der Waals surface area contributed by atoms with Gasteiger partial charge >= 0.3 is 0 Å². The SMILES string of the molecule is Cc1ccc(C(=O)Nc2ccc(NS(=O)(=O)c3ccccc3)cc2)cc1.